The number of ether oxygens (including phenoxy) is 1. The molecule has 3 aliphatic rings. The van der Waals surface area contributed by atoms with Crippen LogP contribution in [0, 0.1) is 23.7 Å². The average molecular weight is 573 g/mol. The van der Waals surface area contributed by atoms with Crippen LogP contribution in [-0.4, -0.2) is 102 Å². The van der Waals surface area contributed by atoms with Crippen LogP contribution in [0.1, 0.15) is 29.3 Å². The Hall–Kier alpha value is -4.17. The average Bonchev–Trinajstić information content (AvgIpc) is 2.87. The van der Waals surface area contributed by atoms with Crippen molar-refractivity contribution in [3.63, 3.8) is 0 Å². The zero-order chi connectivity index (χ0) is 30.7. The first-order chi connectivity index (χ1) is 19.1. The van der Waals surface area contributed by atoms with E-state index < -0.39 is 82.0 Å². The van der Waals surface area contributed by atoms with Crippen molar-refractivity contribution in [2.45, 2.75) is 31.4 Å². The van der Waals surface area contributed by atoms with Crippen LogP contribution in [-0.2, 0) is 39.9 Å². The van der Waals surface area contributed by atoms with Gasteiger partial charge < -0.3 is 30.9 Å². The molecular formula is C27H32N4O10. The van der Waals surface area contributed by atoms with Crippen LogP contribution < -0.4 is 16.0 Å². The lowest BCUT2D eigenvalue weighted by molar-refractivity contribution is -0.181. The van der Waals surface area contributed by atoms with Gasteiger partial charge in [0.25, 0.3) is 0 Å². The number of benzene rings is 1. The van der Waals surface area contributed by atoms with Gasteiger partial charge in [-0.05, 0) is 51.4 Å². The van der Waals surface area contributed by atoms with Gasteiger partial charge in [-0.1, -0.05) is 0 Å². The van der Waals surface area contributed by atoms with Crippen molar-refractivity contribution in [2.75, 3.05) is 45.0 Å². The number of hydrogen-bond donors (Lipinski definition) is 4. The number of rotatable bonds is 5. The second kappa shape index (κ2) is 10.3. The molecule has 0 radical (unpaired) electrons. The van der Waals surface area contributed by atoms with E-state index in [0.29, 0.717) is 11.3 Å². The quantitative estimate of drug-likeness (QED) is 0.136. The molecule has 0 aromatic heterocycles. The standard InChI is InChI=1S/C27H32N4O10/c1-6-41-26(39)25(38)29-13-9-14(30(2)3)11-7-10-8-12-18(31(4)5)21(34)17(24(28)37)23(36)27(12,40)22(35)15(10)20(33)16(11)19(13)32/h9-10,12,15,17-18,32,40H,6-8H2,1-5H3,(H2,28,37)(H,29,38)/t10?,12?,15?,17?,18-,27-/m0/s1. The zero-order valence-electron chi connectivity index (χ0n) is 23.2. The van der Waals surface area contributed by atoms with Crippen molar-refractivity contribution in [1.29, 1.82) is 0 Å². The number of nitrogens with one attached hydrogen (secondary N) is 1. The third-order valence-corrected chi connectivity index (χ3v) is 8.23. The third kappa shape index (κ3) is 4.37. The molecule has 14 heteroatoms. The molecule has 220 valence electrons. The summed E-state index contributed by atoms with van der Waals surface area (Å²) in [7, 11) is 6.30. The number of Topliss-reactive ketones (excluding diaryl/α,β-unsaturated/α-hetero) is 4. The third-order valence-electron chi connectivity index (χ3n) is 8.23. The van der Waals surface area contributed by atoms with Crippen molar-refractivity contribution in [2.24, 2.45) is 29.4 Å². The summed E-state index contributed by atoms with van der Waals surface area (Å²) < 4.78 is 4.67. The number of aromatic hydroxyl groups is 1. The van der Waals surface area contributed by atoms with E-state index in [1.165, 1.54) is 32.0 Å². The molecule has 0 spiro atoms. The van der Waals surface area contributed by atoms with Gasteiger partial charge in [0, 0.05) is 25.7 Å². The number of fused-ring (bicyclic) bond motifs is 3. The molecular weight excluding hydrogens is 540 g/mol. The molecule has 1 aromatic rings. The Morgan fingerprint density at radius 2 is 1.76 bits per heavy atom. The summed E-state index contributed by atoms with van der Waals surface area (Å²) >= 11 is 0. The highest BCUT2D eigenvalue weighted by atomic mass is 16.5. The predicted molar refractivity (Wildman–Crippen MR) is 141 cm³/mol. The minimum absolute atomic E-state index is 0.0407. The molecule has 3 aliphatic carbocycles. The topological polar surface area (TPSA) is 214 Å². The molecule has 5 N–H and O–H groups in total. The number of primary amides is 1. The molecule has 4 rings (SSSR count). The SMILES string of the molecule is CCOC(=O)C(=O)Nc1cc(N(C)C)c2c(c1O)C(=O)C1C(=O)[C@]3(O)C(=O)C(C(N)=O)C(=O)[C@@H](N(C)C)C3CC1C2. The van der Waals surface area contributed by atoms with E-state index in [1.807, 2.05) is 0 Å². The summed E-state index contributed by atoms with van der Waals surface area (Å²) in [5, 5.41) is 25.0. The monoisotopic (exact) mass is 572 g/mol. The number of carbonyl (C=O) groups is 7. The Bertz CT molecular complexity index is 1400. The van der Waals surface area contributed by atoms with Gasteiger partial charge in [0.1, 0.15) is 5.75 Å². The highest BCUT2D eigenvalue weighted by Crippen LogP contribution is 2.52. The Kier molecular flexibility index (Phi) is 7.52. The van der Waals surface area contributed by atoms with Gasteiger partial charge in [0.05, 0.1) is 29.8 Å². The fourth-order valence-electron chi connectivity index (χ4n) is 6.52. The summed E-state index contributed by atoms with van der Waals surface area (Å²) in [5.41, 5.74) is 2.60. The molecule has 41 heavy (non-hydrogen) atoms. The molecule has 0 heterocycles. The largest absolute Gasteiger partial charge is 0.505 e. The number of phenolic OH excluding ortho intramolecular Hbond substituents is 1. The molecule has 6 atom stereocenters. The fraction of sp³-hybridized carbons (Fsp3) is 0.519. The van der Waals surface area contributed by atoms with Crippen molar-refractivity contribution in [3.8, 4) is 5.75 Å². The minimum atomic E-state index is -2.85. The van der Waals surface area contributed by atoms with Crippen LogP contribution >= 0.6 is 0 Å². The molecule has 2 amide bonds. The van der Waals surface area contributed by atoms with Gasteiger partial charge in [-0.25, -0.2) is 4.79 Å². The molecule has 0 saturated heterocycles. The van der Waals surface area contributed by atoms with Gasteiger partial charge >= 0.3 is 11.9 Å². The number of anilines is 2. The molecule has 0 aliphatic heterocycles. The number of nitrogens with zero attached hydrogens (tertiary/aromatic N) is 2. The minimum Gasteiger partial charge on any atom is -0.505 e. The summed E-state index contributed by atoms with van der Waals surface area (Å²) in [4.78, 5) is 93.8. The van der Waals surface area contributed by atoms with E-state index in [2.05, 4.69) is 10.1 Å². The smallest absolute Gasteiger partial charge is 0.397 e. The number of amides is 2. The van der Waals surface area contributed by atoms with Crippen molar-refractivity contribution < 1.29 is 48.5 Å². The molecule has 2 saturated carbocycles. The van der Waals surface area contributed by atoms with E-state index >= 15 is 0 Å². The number of esters is 1. The van der Waals surface area contributed by atoms with Crippen LogP contribution in [0.5, 0.6) is 5.75 Å². The summed E-state index contributed by atoms with van der Waals surface area (Å²) in [5.74, 6) is -14.4. The van der Waals surface area contributed by atoms with Crippen LogP contribution in [0.15, 0.2) is 6.07 Å². The Morgan fingerprint density at radius 3 is 2.29 bits per heavy atom. The lowest BCUT2D eigenvalue weighted by Crippen LogP contribution is -2.74. The number of likely N-dealkylation sites (N-methyl/N-ethyl adjacent to an activating group) is 1. The molecule has 2 fully saturated rings. The normalized spacial score (nSPS) is 28.9. The highest BCUT2D eigenvalue weighted by molar-refractivity contribution is 6.38. The summed E-state index contributed by atoms with van der Waals surface area (Å²) in [6.07, 6.45) is -0.0577. The van der Waals surface area contributed by atoms with E-state index in [0.717, 1.165) is 0 Å². The van der Waals surface area contributed by atoms with E-state index in [4.69, 9.17) is 5.73 Å². The number of phenols is 1. The first-order valence-electron chi connectivity index (χ1n) is 13.0. The fourth-order valence-corrected chi connectivity index (χ4v) is 6.52. The lowest BCUT2D eigenvalue weighted by atomic mass is 9.52. The molecule has 14 nitrogen and oxygen atoms in total. The van der Waals surface area contributed by atoms with Gasteiger partial charge in [0.15, 0.2) is 34.7 Å². The van der Waals surface area contributed by atoms with Gasteiger partial charge in [0.2, 0.25) is 5.91 Å². The second-order valence-corrected chi connectivity index (χ2v) is 11.0. The Balaban J connectivity index is 1.85. The molecule has 0 bridgehead atoms. The van der Waals surface area contributed by atoms with E-state index in [9.17, 15) is 43.8 Å². The maximum absolute atomic E-state index is 14.0. The maximum atomic E-state index is 14.0. The highest BCUT2D eigenvalue weighted by Gasteiger charge is 2.69. The van der Waals surface area contributed by atoms with E-state index in [1.54, 1.807) is 19.0 Å². The van der Waals surface area contributed by atoms with Crippen molar-refractivity contribution in [3.05, 3.63) is 17.2 Å². The number of nitrogens with two attached hydrogens (primary N) is 1. The number of ketones is 4. The first kappa shape index (κ1) is 29.8. The van der Waals surface area contributed by atoms with Gasteiger partial charge in [-0.15, -0.1) is 0 Å². The zero-order valence-corrected chi connectivity index (χ0v) is 23.2. The molecule has 4 unspecified atom stereocenters. The van der Waals surface area contributed by atoms with Crippen LogP contribution in [0.4, 0.5) is 11.4 Å². The lowest BCUT2D eigenvalue weighted by Gasteiger charge is -2.52. The maximum Gasteiger partial charge on any atom is 0.397 e. The van der Waals surface area contributed by atoms with E-state index in [-0.39, 0.29) is 30.7 Å². The Labute approximate surface area is 234 Å². The first-order valence-corrected chi connectivity index (χ1v) is 13.0. The van der Waals surface area contributed by atoms with Crippen molar-refractivity contribution in [1.82, 2.24) is 4.90 Å². The number of carbonyl (C=O) groups excluding carboxylic acids is 7. The predicted octanol–water partition coefficient (Wildman–Crippen LogP) is -1.57. The summed E-state index contributed by atoms with van der Waals surface area (Å²) in [6, 6.07) is 0.159. The van der Waals surface area contributed by atoms with Crippen LogP contribution in [0.2, 0.25) is 0 Å². The summed E-state index contributed by atoms with van der Waals surface area (Å²) in [6.45, 7) is 1.42. The Morgan fingerprint density at radius 1 is 1.12 bits per heavy atom. The molecule has 1 aromatic carbocycles. The van der Waals surface area contributed by atoms with Gasteiger partial charge in [-0.2, -0.15) is 0 Å². The van der Waals surface area contributed by atoms with Gasteiger partial charge in [-0.3, -0.25) is 33.7 Å². The van der Waals surface area contributed by atoms with Crippen LogP contribution in [0.25, 0.3) is 0 Å². The van der Waals surface area contributed by atoms with Crippen LogP contribution in [0.3, 0.4) is 0 Å². The van der Waals surface area contributed by atoms with Crippen molar-refractivity contribution >= 4 is 52.3 Å². The number of aliphatic hydroxyl groups is 1. The second-order valence-electron chi connectivity index (χ2n) is 11.0. The number of hydrogen-bond acceptors (Lipinski definition) is 12.